The van der Waals surface area contributed by atoms with Crippen molar-refractivity contribution in [2.45, 2.75) is 0 Å². The van der Waals surface area contributed by atoms with Crippen LogP contribution in [-0.4, -0.2) is 5.84 Å². The molecule has 0 bridgehead atoms. The Morgan fingerprint density at radius 1 is 1.00 bits per heavy atom. The van der Waals surface area contributed by atoms with E-state index in [-0.39, 0.29) is 5.84 Å². The topological polar surface area (TPSA) is 59.1 Å². The molecule has 0 amide bonds. The molecule has 3 N–H and O–H groups in total. The highest BCUT2D eigenvalue weighted by molar-refractivity contribution is 6.35. The van der Waals surface area contributed by atoms with Crippen molar-refractivity contribution in [2.75, 3.05) is 0 Å². The fourth-order valence-corrected chi connectivity index (χ4v) is 2.18. The molecule has 3 nitrogen and oxygen atoms in total. The van der Waals surface area contributed by atoms with Gasteiger partial charge in [-0.1, -0.05) is 34.8 Å². The first-order chi connectivity index (χ1) is 8.97. The Bertz CT molecular complexity index is 644. The van der Waals surface area contributed by atoms with Crippen molar-refractivity contribution >= 4 is 40.6 Å². The summed E-state index contributed by atoms with van der Waals surface area (Å²) >= 11 is 17.8. The molecule has 0 radical (unpaired) electrons. The molecule has 0 spiro atoms. The van der Waals surface area contributed by atoms with Crippen molar-refractivity contribution in [2.24, 2.45) is 5.73 Å². The van der Waals surface area contributed by atoms with Crippen LogP contribution in [0.25, 0.3) is 0 Å². The van der Waals surface area contributed by atoms with Crippen molar-refractivity contribution in [1.82, 2.24) is 0 Å². The van der Waals surface area contributed by atoms with E-state index in [2.05, 4.69) is 0 Å². The first-order valence-corrected chi connectivity index (χ1v) is 6.37. The molecule has 0 aliphatic rings. The largest absolute Gasteiger partial charge is 0.456 e. The van der Waals surface area contributed by atoms with Gasteiger partial charge >= 0.3 is 0 Å². The monoisotopic (exact) mass is 314 g/mol. The summed E-state index contributed by atoms with van der Waals surface area (Å²) in [7, 11) is 0. The molecule has 6 heteroatoms. The average molecular weight is 316 g/mol. The number of rotatable bonds is 3. The molecule has 0 fully saturated rings. The fraction of sp³-hybridized carbons (Fsp3) is 0. The van der Waals surface area contributed by atoms with Crippen molar-refractivity contribution in [1.29, 1.82) is 5.41 Å². The number of halogens is 3. The number of hydrogen-bond donors (Lipinski definition) is 2. The van der Waals surface area contributed by atoms with E-state index in [0.29, 0.717) is 32.1 Å². The highest BCUT2D eigenvalue weighted by atomic mass is 35.5. The standard InChI is InChI=1S/C13H9Cl3N2O/c14-7-1-4-12(11(16)5-7)19-8-2-3-9(13(17)18)10(15)6-8/h1-6H,(H3,17,18). The zero-order chi connectivity index (χ0) is 14.0. The summed E-state index contributed by atoms with van der Waals surface area (Å²) in [5.41, 5.74) is 5.84. The molecule has 0 saturated carbocycles. The lowest BCUT2D eigenvalue weighted by Gasteiger charge is -2.09. The van der Waals surface area contributed by atoms with Gasteiger partial charge in [0, 0.05) is 16.7 Å². The zero-order valence-electron chi connectivity index (χ0n) is 9.58. The molecular weight excluding hydrogens is 307 g/mol. The Balaban J connectivity index is 2.29. The molecule has 0 aliphatic heterocycles. The first-order valence-electron chi connectivity index (χ1n) is 5.24. The van der Waals surface area contributed by atoms with Crippen molar-refractivity contribution in [3.8, 4) is 11.5 Å². The maximum atomic E-state index is 7.34. The van der Waals surface area contributed by atoms with Gasteiger partial charge in [-0.05, 0) is 30.3 Å². The van der Waals surface area contributed by atoms with Crippen molar-refractivity contribution in [3.05, 3.63) is 57.0 Å². The van der Waals surface area contributed by atoms with Crippen molar-refractivity contribution in [3.63, 3.8) is 0 Å². The highest BCUT2D eigenvalue weighted by Crippen LogP contribution is 2.33. The lowest BCUT2D eigenvalue weighted by Crippen LogP contribution is -2.11. The Hall–Kier alpha value is -1.42. The summed E-state index contributed by atoms with van der Waals surface area (Å²) < 4.78 is 5.59. The maximum Gasteiger partial charge on any atom is 0.146 e. The van der Waals surface area contributed by atoms with Gasteiger partial charge in [0.2, 0.25) is 0 Å². The summed E-state index contributed by atoms with van der Waals surface area (Å²) in [6, 6.07) is 9.77. The predicted octanol–water partition coefficient (Wildman–Crippen LogP) is 4.72. The third kappa shape index (κ3) is 3.32. The van der Waals surface area contributed by atoms with Crippen molar-refractivity contribution < 1.29 is 4.74 Å². The van der Waals surface area contributed by atoms with Crippen LogP contribution in [0.15, 0.2) is 36.4 Å². The minimum Gasteiger partial charge on any atom is -0.456 e. The van der Waals surface area contributed by atoms with Crippen LogP contribution in [0.2, 0.25) is 15.1 Å². The molecule has 98 valence electrons. The van der Waals surface area contributed by atoms with Gasteiger partial charge in [0.15, 0.2) is 0 Å². The molecule has 2 aromatic rings. The minimum absolute atomic E-state index is 0.0962. The van der Waals surface area contributed by atoms with Gasteiger partial charge in [-0.15, -0.1) is 0 Å². The van der Waals surface area contributed by atoms with E-state index in [1.165, 1.54) is 0 Å². The number of nitrogens with two attached hydrogens (primary N) is 1. The summed E-state index contributed by atoms with van der Waals surface area (Å²) in [4.78, 5) is 0. The number of benzene rings is 2. The van der Waals surface area contributed by atoms with E-state index in [1.807, 2.05) is 0 Å². The van der Waals surface area contributed by atoms with Gasteiger partial charge in [-0.25, -0.2) is 0 Å². The number of nitrogen functional groups attached to an aromatic ring is 1. The van der Waals surface area contributed by atoms with Gasteiger partial charge in [-0.2, -0.15) is 0 Å². The number of ether oxygens (including phenoxy) is 1. The molecule has 0 heterocycles. The van der Waals surface area contributed by atoms with Crippen LogP contribution >= 0.6 is 34.8 Å². The van der Waals surface area contributed by atoms with Gasteiger partial charge < -0.3 is 10.5 Å². The Morgan fingerprint density at radius 2 is 1.74 bits per heavy atom. The van der Waals surface area contributed by atoms with Gasteiger partial charge in [0.1, 0.15) is 17.3 Å². The molecule has 0 aromatic heterocycles. The number of amidine groups is 1. The second-order valence-electron chi connectivity index (χ2n) is 3.73. The highest BCUT2D eigenvalue weighted by Gasteiger charge is 2.08. The number of hydrogen-bond acceptors (Lipinski definition) is 2. The molecule has 2 rings (SSSR count). The van der Waals surface area contributed by atoms with Crippen LogP contribution < -0.4 is 10.5 Å². The van der Waals surface area contributed by atoms with Crippen LogP contribution in [-0.2, 0) is 0 Å². The minimum atomic E-state index is -0.0962. The van der Waals surface area contributed by atoms with Gasteiger partial charge in [0.05, 0.1) is 10.0 Å². The third-order valence-corrected chi connectivity index (χ3v) is 3.20. The fourth-order valence-electron chi connectivity index (χ4n) is 1.46. The predicted molar refractivity (Wildman–Crippen MR) is 79.0 cm³/mol. The smallest absolute Gasteiger partial charge is 0.146 e. The molecule has 0 aliphatic carbocycles. The maximum absolute atomic E-state index is 7.34. The normalized spacial score (nSPS) is 10.3. The average Bonchev–Trinajstić information content (AvgIpc) is 2.32. The second kappa shape index (κ2) is 5.70. The molecule has 0 atom stereocenters. The van der Waals surface area contributed by atoms with E-state index in [0.717, 1.165) is 0 Å². The lowest BCUT2D eigenvalue weighted by molar-refractivity contribution is 0.483. The van der Waals surface area contributed by atoms with E-state index < -0.39 is 0 Å². The molecule has 0 saturated heterocycles. The lowest BCUT2D eigenvalue weighted by atomic mass is 10.2. The van der Waals surface area contributed by atoms with E-state index in [4.69, 9.17) is 50.7 Å². The van der Waals surface area contributed by atoms with E-state index in [1.54, 1.807) is 36.4 Å². The Kier molecular flexibility index (Phi) is 4.20. The molecule has 2 aromatic carbocycles. The molecule has 19 heavy (non-hydrogen) atoms. The number of nitrogens with one attached hydrogen (secondary N) is 1. The van der Waals surface area contributed by atoms with Gasteiger partial charge in [-0.3, -0.25) is 5.41 Å². The van der Waals surface area contributed by atoms with Gasteiger partial charge in [0.25, 0.3) is 0 Å². The second-order valence-corrected chi connectivity index (χ2v) is 4.98. The summed E-state index contributed by atoms with van der Waals surface area (Å²) in [6.45, 7) is 0. The first kappa shape index (κ1) is 14.0. The summed E-state index contributed by atoms with van der Waals surface area (Å²) in [5.74, 6) is 0.873. The van der Waals surface area contributed by atoms with Crippen LogP contribution in [0.5, 0.6) is 11.5 Å². The quantitative estimate of drug-likeness (QED) is 0.636. The van der Waals surface area contributed by atoms with Crippen LogP contribution in [0.4, 0.5) is 0 Å². The van der Waals surface area contributed by atoms with Crippen LogP contribution in [0.3, 0.4) is 0 Å². The molecule has 0 unspecified atom stereocenters. The molecular formula is C13H9Cl3N2O. The Labute approximate surface area is 125 Å². The third-order valence-electron chi connectivity index (χ3n) is 2.35. The summed E-state index contributed by atoms with van der Waals surface area (Å²) in [5, 5.41) is 8.62. The van der Waals surface area contributed by atoms with E-state index in [9.17, 15) is 0 Å². The zero-order valence-corrected chi connectivity index (χ0v) is 11.9. The Morgan fingerprint density at radius 3 is 2.32 bits per heavy atom. The van der Waals surface area contributed by atoms with Crippen LogP contribution in [0, 0.1) is 5.41 Å². The van der Waals surface area contributed by atoms with Crippen LogP contribution in [0.1, 0.15) is 5.56 Å². The SMILES string of the molecule is N=C(N)c1ccc(Oc2ccc(Cl)cc2Cl)cc1Cl. The van der Waals surface area contributed by atoms with E-state index >= 15 is 0 Å². The summed E-state index contributed by atoms with van der Waals surface area (Å²) in [6.07, 6.45) is 0.